The monoisotopic (exact) mass is 181 g/mol. The molecule has 0 fully saturated rings. The fraction of sp³-hybridized carbons (Fsp3) is 0.833. The number of hydrogen-bond acceptors (Lipinski definition) is 1. The molecule has 2 atom stereocenters. The van der Waals surface area contributed by atoms with E-state index in [0.717, 1.165) is 12.3 Å². The molecule has 0 bridgehead atoms. The first kappa shape index (κ1) is 12.5. The molecule has 1 heteroatoms. The summed E-state index contributed by atoms with van der Waals surface area (Å²) in [5, 5.41) is 3.36. The van der Waals surface area contributed by atoms with E-state index in [-0.39, 0.29) is 0 Å². The summed E-state index contributed by atoms with van der Waals surface area (Å²) in [4.78, 5) is 0. The predicted octanol–water partition coefficient (Wildman–Crippen LogP) is 2.81. The summed E-state index contributed by atoms with van der Waals surface area (Å²) in [5.41, 5.74) is 0. The van der Waals surface area contributed by atoms with Gasteiger partial charge in [-0.2, -0.15) is 0 Å². The van der Waals surface area contributed by atoms with Crippen LogP contribution in [0.2, 0.25) is 0 Å². The summed E-state index contributed by atoms with van der Waals surface area (Å²) in [6.45, 7) is 6.47. The van der Waals surface area contributed by atoms with E-state index in [2.05, 4.69) is 31.0 Å². The maximum Gasteiger partial charge on any atom is 0.0103 e. The Morgan fingerprint density at radius 3 is 2.54 bits per heavy atom. The molecule has 76 valence electrons. The molecule has 0 amide bonds. The molecule has 0 aromatic carbocycles. The second-order valence-electron chi connectivity index (χ2n) is 3.70. The van der Waals surface area contributed by atoms with E-state index in [1.54, 1.807) is 0 Å². The SMILES string of the molecule is CC#CCCC(CC(C)CC)NC. The molecule has 1 N–H and O–H groups in total. The van der Waals surface area contributed by atoms with Crippen molar-refractivity contribution in [2.24, 2.45) is 5.92 Å². The zero-order chi connectivity index (χ0) is 10.1. The van der Waals surface area contributed by atoms with Crippen LogP contribution in [0.4, 0.5) is 0 Å². The zero-order valence-electron chi connectivity index (χ0n) is 9.48. The summed E-state index contributed by atoms with van der Waals surface area (Å²) < 4.78 is 0. The van der Waals surface area contributed by atoms with Gasteiger partial charge in [0, 0.05) is 12.5 Å². The van der Waals surface area contributed by atoms with Crippen molar-refractivity contribution in [2.75, 3.05) is 7.05 Å². The normalized spacial score (nSPS) is 14.5. The Bertz CT molecular complexity index is 164. The first-order valence-electron chi connectivity index (χ1n) is 5.31. The van der Waals surface area contributed by atoms with Crippen molar-refractivity contribution in [1.29, 1.82) is 0 Å². The first-order chi connectivity index (χ1) is 6.24. The molecular weight excluding hydrogens is 158 g/mol. The van der Waals surface area contributed by atoms with Gasteiger partial charge in [0.2, 0.25) is 0 Å². The molecule has 0 aliphatic heterocycles. The average molecular weight is 181 g/mol. The molecule has 0 aromatic heterocycles. The molecule has 0 aliphatic rings. The Hall–Kier alpha value is -0.480. The Labute approximate surface area is 83.3 Å². The number of rotatable bonds is 6. The fourth-order valence-corrected chi connectivity index (χ4v) is 1.40. The zero-order valence-corrected chi connectivity index (χ0v) is 9.48. The van der Waals surface area contributed by atoms with Gasteiger partial charge in [-0.3, -0.25) is 0 Å². The molecule has 0 spiro atoms. The van der Waals surface area contributed by atoms with Crippen molar-refractivity contribution < 1.29 is 0 Å². The Kier molecular flexibility index (Phi) is 7.83. The van der Waals surface area contributed by atoms with Crippen LogP contribution in [0.1, 0.15) is 46.5 Å². The molecule has 0 rings (SSSR count). The van der Waals surface area contributed by atoms with Gasteiger partial charge >= 0.3 is 0 Å². The van der Waals surface area contributed by atoms with Crippen LogP contribution in [0.3, 0.4) is 0 Å². The highest BCUT2D eigenvalue weighted by Gasteiger charge is 2.08. The van der Waals surface area contributed by atoms with Crippen LogP contribution >= 0.6 is 0 Å². The average Bonchev–Trinajstić information content (AvgIpc) is 2.16. The third kappa shape index (κ3) is 6.66. The van der Waals surface area contributed by atoms with Crippen LogP contribution in [0.5, 0.6) is 0 Å². The Balaban J connectivity index is 3.66. The van der Waals surface area contributed by atoms with E-state index in [0.29, 0.717) is 6.04 Å². The van der Waals surface area contributed by atoms with Gasteiger partial charge in [0.15, 0.2) is 0 Å². The van der Waals surface area contributed by atoms with Crippen molar-refractivity contribution >= 4 is 0 Å². The van der Waals surface area contributed by atoms with E-state index in [1.165, 1.54) is 19.3 Å². The molecule has 13 heavy (non-hydrogen) atoms. The number of nitrogens with one attached hydrogen (secondary N) is 1. The lowest BCUT2D eigenvalue weighted by Gasteiger charge is -2.18. The summed E-state index contributed by atoms with van der Waals surface area (Å²) >= 11 is 0. The molecule has 0 heterocycles. The summed E-state index contributed by atoms with van der Waals surface area (Å²) in [5.74, 6) is 6.88. The van der Waals surface area contributed by atoms with Crippen LogP contribution in [0, 0.1) is 17.8 Å². The molecular formula is C12H23N. The minimum absolute atomic E-state index is 0.649. The van der Waals surface area contributed by atoms with Crippen LogP contribution in [0.25, 0.3) is 0 Å². The minimum Gasteiger partial charge on any atom is -0.317 e. The lowest BCUT2D eigenvalue weighted by molar-refractivity contribution is 0.398. The largest absolute Gasteiger partial charge is 0.317 e. The highest BCUT2D eigenvalue weighted by atomic mass is 14.9. The summed E-state index contributed by atoms with van der Waals surface area (Å²) in [7, 11) is 2.05. The molecule has 0 aliphatic carbocycles. The quantitative estimate of drug-likeness (QED) is 0.621. The van der Waals surface area contributed by atoms with Gasteiger partial charge < -0.3 is 5.32 Å². The van der Waals surface area contributed by atoms with Gasteiger partial charge in [-0.05, 0) is 32.7 Å². The predicted molar refractivity (Wildman–Crippen MR) is 59.6 cm³/mol. The summed E-state index contributed by atoms with van der Waals surface area (Å²) in [6.07, 6.45) is 4.76. The smallest absolute Gasteiger partial charge is 0.0103 e. The van der Waals surface area contributed by atoms with E-state index in [9.17, 15) is 0 Å². The third-order valence-electron chi connectivity index (χ3n) is 2.59. The lowest BCUT2D eigenvalue weighted by Crippen LogP contribution is -2.26. The second kappa shape index (κ2) is 8.13. The maximum atomic E-state index is 3.36. The fourth-order valence-electron chi connectivity index (χ4n) is 1.40. The molecule has 2 unspecified atom stereocenters. The van der Waals surface area contributed by atoms with E-state index >= 15 is 0 Å². The van der Waals surface area contributed by atoms with Gasteiger partial charge in [0.1, 0.15) is 0 Å². The van der Waals surface area contributed by atoms with E-state index < -0.39 is 0 Å². The van der Waals surface area contributed by atoms with Crippen LogP contribution in [0.15, 0.2) is 0 Å². The standard InChI is InChI=1S/C12H23N/c1-5-7-8-9-12(13-4)10-11(3)6-2/h11-13H,6,8-10H2,1-4H3. The lowest BCUT2D eigenvalue weighted by atomic mass is 9.96. The van der Waals surface area contributed by atoms with Crippen LogP contribution in [-0.4, -0.2) is 13.1 Å². The highest BCUT2D eigenvalue weighted by molar-refractivity contribution is 4.95. The molecule has 0 saturated carbocycles. The van der Waals surface area contributed by atoms with Gasteiger partial charge in [-0.25, -0.2) is 0 Å². The molecule has 0 radical (unpaired) electrons. The molecule has 0 saturated heterocycles. The van der Waals surface area contributed by atoms with Crippen molar-refractivity contribution in [3.8, 4) is 11.8 Å². The third-order valence-corrected chi connectivity index (χ3v) is 2.59. The van der Waals surface area contributed by atoms with Crippen LogP contribution < -0.4 is 5.32 Å². The van der Waals surface area contributed by atoms with E-state index in [4.69, 9.17) is 0 Å². The van der Waals surface area contributed by atoms with Crippen LogP contribution in [-0.2, 0) is 0 Å². The van der Waals surface area contributed by atoms with Gasteiger partial charge in [0.05, 0.1) is 0 Å². The highest BCUT2D eigenvalue weighted by Crippen LogP contribution is 2.12. The maximum absolute atomic E-state index is 3.36. The van der Waals surface area contributed by atoms with E-state index in [1.807, 2.05) is 14.0 Å². The first-order valence-corrected chi connectivity index (χ1v) is 5.31. The Morgan fingerprint density at radius 1 is 1.38 bits per heavy atom. The van der Waals surface area contributed by atoms with Crippen molar-refractivity contribution in [1.82, 2.24) is 5.32 Å². The minimum atomic E-state index is 0.649. The van der Waals surface area contributed by atoms with Crippen molar-refractivity contribution in [3.05, 3.63) is 0 Å². The van der Waals surface area contributed by atoms with Crippen molar-refractivity contribution in [2.45, 2.75) is 52.5 Å². The van der Waals surface area contributed by atoms with Crippen molar-refractivity contribution in [3.63, 3.8) is 0 Å². The molecule has 0 aromatic rings. The topological polar surface area (TPSA) is 12.0 Å². The molecule has 1 nitrogen and oxygen atoms in total. The van der Waals surface area contributed by atoms with Gasteiger partial charge in [0.25, 0.3) is 0 Å². The Morgan fingerprint density at radius 2 is 2.08 bits per heavy atom. The van der Waals surface area contributed by atoms with Gasteiger partial charge in [-0.1, -0.05) is 20.3 Å². The second-order valence-corrected chi connectivity index (χ2v) is 3.70. The number of hydrogen-bond donors (Lipinski definition) is 1. The van der Waals surface area contributed by atoms with Gasteiger partial charge in [-0.15, -0.1) is 11.8 Å². The summed E-state index contributed by atoms with van der Waals surface area (Å²) in [6, 6.07) is 0.649.